The number of pyridine rings is 1. The molecule has 0 saturated heterocycles. The van der Waals surface area contributed by atoms with Gasteiger partial charge in [-0.05, 0) is 74.6 Å². The molecule has 28 heavy (non-hydrogen) atoms. The Kier molecular flexibility index (Phi) is 7.32. The molecule has 0 unspecified atom stereocenters. The second-order valence-electron chi connectivity index (χ2n) is 7.02. The predicted octanol–water partition coefficient (Wildman–Crippen LogP) is 2.65. The number of rotatable bonds is 8. The molecule has 6 nitrogen and oxygen atoms in total. The first-order valence-electron chi connectivity index (χ1n) is 9.38. The topological polar surface area (TPSA) is 88.2 Å². The third kappa shape index (κ3) is 5.17. The van der Waals surface area contributed by atoms with E-state index in [0.717, 1.165) is 33.5 Å². The van der Waals surface area contributed by atoms with Gasteiger partial charge in [0.05, 0.1) is 4.90 Å². The average Bonchev–Trinajstić information content (AvgIpc) is 2.65. The number of aromatic nitrogens is 1. The zero-order chi connectivity index (χ0) is 20.9. The molecule has 7 heteroatoms. The van der Waals surface area contributed by atoms with Crippen molar-refractivity contribution in [1.82, 2.24) is 15.0 Å². The van der Waals surface area contributed by atoms with Crippen molar-refractivity contribution in [2.45, 2.75) is 52.4 Å². The van der Waals surface area contributed by atoms with Gasteiger partial charge >= 0.3 is 0 Å². The van der Waals surface area contributed by atoms with E-state index in [0.29, 0.717) is 17.9 Å². The molecule has 1 amide bonds. The maximum Gasteiger partial charge on any atom is 0.241 e. The van der Waals surface area contributed by atoms with Crippen LogP contribution in [0.5, 0.6) is 0 Å². The molecule has 0 atom stereocenters. The zero-order valence-corrected chi connectivity index (χ0v) is 18.0. The molecule has 0 fully saturated rings. The summed E-state index contributed by atoms with van der Waals surface area (Å²) in [5, 5.41) is 2.79. The maximum absolute atomic E-state index is 12.8. The summed E-state index contributed by atoms with van der Waals surface area (Å²) >= 11 is 0. The van der Waals surface area contributed by atoms with Gasteiger partial charge in [0.2, 0.25) is 15.9 Å². The molecule has 152 valence electrons. The highest BCUT2D eigenvalue weighted by Gasteiger charge is 2.23. The van der Waals surface area contributed by atoms with E-state index < -0.39 is 10.0 Å². The van der Waals surface area contributed by atoms with Crippen LogP contribution in [0.2, 0.25) is 0 Å². The average molecular weight is 404 g/mol. The molecule has 2 aromatic rings. The second-order valence-corrected chi connectivity index (χ2v) is 8.73. The van der Waals surface area contributed by atoms with Gasteiger partial charge in [0.15, 0.2) is 0 Å². The molecule has 0 aliphatic heterocycles. The van der Waals surface area contributed by atoms with Gasteiger partial charge < -0.3 is 5.32 Å². The van der Waals surface area contributed by atoms with E-state index in [4.69, 9.17) is 0 Å². The minimum absolute atomic E-state index is 0.0581. The fourth-order valence-corrected chi connectivity index (χ4v) is 4.83. The highest BCUT2D eigenvalue weighted by Crippen LogP contribution is 2.29. The Morgan fingerprint density at radius 3 is 2.11 bits per heavy atom. The van der Waals surface area contributed by atoms with E-state index in [2.05, 4.69) is 15.0 Å². The summed E-state index contributed by atoms with van der Waals surface area (Å²) in [6.45, 7) is 10.1. The van der Waals surface area contributed by atoms with E-state index in [1.54, 1.807) is 6.20 Å². The Bertz CT molecular complexity index is 926. The summed E-state index contributed by atoms with van der Waals surface area (Å²) in [5.74, 6) is -0.191. The summed E-state index contributed by atoms with van der Waals surface area (Å²) in [5.41, 5.74) is 5.49. The van der Waals surface area contributed by atoms with E-state index in [9.17, 15) is 13.2 Å². The highest BCUT2D eigenvalue weighted by atomic mass is 32.2. The van der Waals surface area contributed by atoms with Crippen LogP contribution in [0.25, 0.3) is 0 Å². The number of benzene rings is 1. The Hall–Kier alpha value is -2.25. The number of sulfonamides is 1. The third-order valence-corrected chi connectivity index (χ3v) is 7.01. The van der Waals surface area contributed by atoms with E-state index in [1.165, 1.54) is 0 Å². The lowest BCUT2D eigenvalue weighted by molar-refractivity contribution is -0.120. The van der Waals surface area contributed by atoms with Crippen molar-refractivity contribution in [2.75, 3.05) is 13.1 Å². The van der Waals surface area contributed by atoms with Gasteiger partial charge in [-0.1, -0.05) is 6.07 Å². The number of carbonyl (C=O) groups excluding carboxylic acids is 1. The van der Waals surface area contributed by atoms with Crippen LogP contribution in [-0.4, -0.2) is 32.4 Å². The minimum atomic E-state index is -3.68. The first kappa shape index (κ1) is 22.0. The molecule has 0 radical (unpaired) electrons. The number of carbonyl (C=O) groups is 1. The summed E-state index contributed by atoms with van der Waals surface area (Å²) in [7, 11) is -3.68. The maximum atomic E-state index is 12.8. The molecule has 0 aliphatic rings. The molecule has 0 saturated carbocycles. The van der Waals surface area contributed by atoms with Crippen molar-refractivity contribution in [3.63, 3.8) is 0 Å². The summed E-state index contributed by atoms with van der Waals surface area (Å²) in [6, 6.07) is 5.64. The quantitative estimate of drug-likeness (QED) is 0.709. The van der Waals surface area contributed by atoms with Gasteiger partial charge in [-0.15, -0.1) is 0 Å². The number of hydrogen-bond donors (Lipinski definition) is 2. The van der Waals surface area contributed by atoms with Crippen molar-refractivity contribution in [3.05, 3.63) is 57.9 Å². The largest absolute Gasteiger partial charge is 0.356 e. The summed E-state index contributed by atoms with van der Waals surface area (Å²) in [4.78, 5) is 16.5. The van der Waals surface area contributed by atoms with Crippen LogP contribution in [0.15, 0.2) is 29.3 Å². The standard InChI is InChI=1S/C21H29N3O3S/c1-14-15(2)17(4)21(18(5)16(14)3)28(26,27)24-13-10-20(25)23-12-9-19-8-6-7-11-22-19/h6-8,11,24H,9-10,12-13H2,1-5H3,(H,23,25). The fraction of sp³-hybridized carbons (Fsp3) is 0.429. The lowest BCUT2D eigenvalue weighted by atomic mass is 9.95. The fourth-order valence-electron chi connectivity index (χ4n) is 3.20. The van der Waals surface area contributed by atoms with Crippen molar-refractivity contribution in [3.8, 4) is 0 Å². The molecular weight excluding hydrogens is 374 g/mol. The molecule has 2 rings (SSSR count). The number of hydrogen-bond acceptors (Lipinski definition) is 4. The third-order valence-electron chi connectivity index (χ3n) is 5.27. The van der Waals surface area contributed by atoms with Gasteiger partial charge in [0.25, 0.3) is 0 Å². The monoisotopic (exact) mass is 403 g/mol. The van der Waals surface area contributed by atoms with Crippen LogP contribution in [0.3, 0.4) is 0 Å². The smallest absolute Gasteiger partial charge is 0.241 e. The van der Waals surface area contributed by atoms with Crippen molar-refractivity contribution in [2.24, 2.45) is 0 Å². The van der Waals surface area contributed by atoms with Crippen LogP contribution < -0.4 is 10.0 Å². The van der Waals surface area contributed by atoms with E-state index in [1.807, 2.05) is 52.8 Å². The predicted molar refractivity (Wildman–Crippen MR) is 111 cm³/mol. The number of nitrogens with one attached hydrogen (secondary N) is 2. The van der Waals surface area contributed by atoms with Gasteiger partial charge in [-0.2, -0.15) is 0 Å². The molecule has 0 spiro atoms. The minimum Gasteiger partial charge on any atom is -0.356 e. The Balaban J connectivity index is 1.93. The zero-order valence-electron chi connectivity index (χ0n) is 17.2. The molecule has 2 N–H and O–H groups in total. The van der Waals surface area contributed by atoms with Gasteiger partial charge in [-0.25, -0.2) is 13.1 Å². The number of nitrogens with zero attached hydrogens (tertiary/aromatic N) is 1. The van der Waals surface area contributed by atoms with Gasteiger partial charge in [-0.3, -0.25) is 9.78 Å². The summed E-state index contributed by atoms with van der Waals surface area (Å²) in [6.07, 6.45) is 2.44. The Morgan fingerprint density at radius 2 is 1.54 bits per heavy atom. The Labute approximate surface area is 167 Å². The van der Waals surface area contributed by atoms with Gasteiger partial charge in [0.1, 0.15) is 0 Å². The van der Waals surface area contributed by atoms with E-state index in [-0.39, 0.29) is 18.9 Å². The first-order valence-corrected chi connectivity index (χ1v) is 10.9. The van der Waals surface area contributed by atoms with Crippen LogP contribution >= 0.6 is 0 Å². The molecule has 1 aromatic carbocycles. The van der Waals surface area contributed by atoms with Crippen LogP contribution in [0.1, 0.15) is 39.9 Å². The highest BCUT2D eigenvalue weighted by molar-refractivity contribution is 7.89. The lowest BCUT2D eigenvalue weighted by Gasteiger charge is -2.19. The first-order chi connectivity index (χ1) is 13.1. The Morgan fingerprint density at radius 1 is 0.929 bits per heavy atom. The number of amides is 1. The van der Waals surface area contributed by atoms with E-state index >= 15 is 0 Å². The van der Waals surface area contributed by atoms with Crippen molar-refractivity contribution >= 4 is 15.9 Å². The second kappa shape index (κ2) is 9.30. The molecule has 1 heterocycles. The molecule has 0 aliphatic carbocycles. The van der Waals surface area contributed by atoms with Crippen LogP contribution in [-0.2, 0) is 21.2 Å². The summed E-state index contributed by atoms with van der Waals surface area (Å²) < 4.78 is 28.2. The van der Waals surface area contributed by atoms with Crippen LogP contribution in [0.4, 0.5) is 0 Å². The van der Waals surface area contributed by atoms with Crippen LogP contribution in [0, 0.1) is 34.6 Å². The molecule has 1 aromatic heterocycles. The molecular formula is C21H29N3O3S. The SMILES string of the molecule is Cc1c(C)c(C)c(S(=O)(=O)NCCC(=O)NCCc2ccccn2)c(C)c1C. The van der Waals surface area contributed by atoms with Gasteiger partial charge in [0, 0.05) is 37.8 Å². The van der Waals surface area contributed by atoms with Crippen molar-refractivity contribution in [1.29, 1.82) is 0 Å². The van der Waals surface area contributed by atoms with Crippen molar-refractivity contribution < 1.29 is 13.2 Å². The normalized spacial score (nSPS) is 11.5. The lowest BCUT2D eigenvalue weighted by Crippen LogP contribution is -2.32. The molecule has 0 bridgehead atoms.